The second-order valence-electron chi connectivity index (χ2n) is 6.93. The van der Waals surface area contributed by atoms with Crippen LogP contribution in [-0.2, 0) is 22.4 Å². The third-order valence-electron chi connectivity index (χ3n) is 4.87. The Morgan fingerprint density at radius 2 is 2.06 bits per heavy atom. The van der Waals surface area contributed by atoms with Gasteiger partial charge in [-0.3, -0.25) is 9.59 Å². The number of aromatic amines is 1. The Morgan fingerprint density at radius 3 is 2.84 bits per heavy atom. The number of H-pyrrole nitrogens is 1. The maximum Gasteiger partial charge on any atom is 0.341 e. The Hall–Kier alpha value is -2.91. The second-order valence-corrected chi connectivity index (χ2v) is 8.77. The third kappa shape index (κ3) is 4.72. The maximum atomic E-state index is 12.6. The highest BCUT2D eigenvalue weighted by Crippen LogP contribution is 2.36. The lowest BCUT2D eigenvalue weighted by Gasteiger charge is -2.09. The Morgan fingerprint density at radius 1 is 1.26 bits per heavy atom. The second kappa shape index (κ2) is 9.49. The summed E-state index contributed by atoms with van der Waals surface area (Å²) in [6.07, 6.45) is 2.47. The van der Waals surface area contributed by atoms with Crippen molar-refractivity contribution in [2.75, 3.05) is 17.7 Å². The molecule has 0 saturated heterocycles. The monoisotopic (exact) mass is 455 g/mol. The Bertz CT molecular complexity index is 1170. The number of thiophene rings is 1. The smallest absolute Gasteiger partial charge is 0.341 e. The van der Waals surface area contributed by atoms with E-state index in [0.29, 0.717) is 15.7 Å². The van der Waals surface area contributed by atoms with E-state index in [-0.39, 0.29) is 23.8 Å². The number of rotatable bonds is 7. The van der Waals surface area contributed by atoms with E-state index in [4.69, 9.17) is 4.74 Å². The van der Waals surface area contributed by atoms with Gasteiger partial charge in [0.1, 0.15) is 10.6 Å². The summed E-state index contributed by atoms with van der Waals surface area (Å²) in [5, 5.41) is 5.53. The molecule has 0 unspecified atom stereocenters. The summed E-state index contributed by atoms with van der Waals surface area (Å²) < 4.78 is 5.22. The molecule has 2 heterocycles. The molecule has 0 bridgehead atoms. The molecule has 0 atom stereocenters. The number of amides is 1. The highest BCUT2D eigenvalue weighted by atomic mass is 32.2. The Kier molecular flexibility index (Phi) is 6.53. The summed E-state index contributed by atoms with van der Waals surface area (Å²) in [5.74, 6) is -0.710. The van der Waals surface area contributed by atoms with Crippen LogP contribution in [0, 0.1) is 0 Å². The van der Waals surface area contributed by atoms with Crippen LogP contribution in [0.3, 0.4) is 0 Å². The van der Waals surface area contributed by atoms with Gasteiger partial charge in [0.15, 0.2) is 5.16 Å². The number of ether oxygens (including phenoxy) is 1. The maximum absolute atomic E-state index is 12.6. The van der Waals surface area contributed by atoms with Crippen LogP contribution in [0.5, 0.6) is 0 Å². The van der Waals surface area contributed by atoms with Gasteiger partial charge in [0.25, 0.3) is 5.56 Å². The van der Waals surface area contributed by atoms with Crippen LogP contribution in [0.1, 0.15) is 35.0 Å². The number of nitrogens with zero attached hydrogens (tertiary/aromatic N) is 1. The molecule has 0 spiro atoms. The normalized spacial score (nSPS) is 12.4. The quantitative estimate of drug-likeness (QED) is 0.318. The fraction of sp³-hybridized carbons (Fsp3) is 0.273. The molecule has 160 valence electrons. The van der Waals surface area contributed by atoms with Gasteiger partial charge in [0, 0.05) is 16.5 Å². The first-order valence-corrected chi connectivity index (χ1v) is 11.8. The molecule has 1 aromatic carbocycles. The average molecular weight is 456 g/mol. The van der Waals surface area contributed by atoms with Gasteiger partial charge < -0.3 is 15.0 Å². The molecule has 9 heteroatoms. The van der Waals surface area contributed by atoms with Crippen molar-refractivity contribution >= 4 is 40.0 Å². The van der Waals surface area contributed by atoms with E-state index in [9.17, 15) is 14.4 Å². The highest BCUT2D eigenvalue weighted by molar-refractivity contribution is 7.99. The molecule has 4 rings (SSSR count). The standard InChI is InChI=1S/C22H21N3O4S2/c1-2-29-21(28)18-15(13-7-4-3-5-8-13)11-30-20(18)24-17(26)12-31-22-23-16-10-6-9-14(16)19(27)25-22/h3-5,7-8,11H,2,6,9-10,12H2,1H3,(H,24,26)(H,23,25,27). The van der Waals surface area contributed by atoms with Crippen molar-refractivity contribution < 1.29 is 14.3 Å². The van der Waals surface area contributed by atoms with E-state index in [0.717, 1.165) is 41.6 Å². The summed E-state index contributed by atoms with van der Waals surface area (Å²) in [6, 6.07) is 9.49. The molecule has 0 fully saturated rings. The highest BCUT2D eigenvalue weighted by Gasteiger charge is 2.23. The van der Waals surface area contributed by atoms with Crippen LogP contribution >= 0.6 is 23.1 Å². The lowest BCUT2D eigenvalue weighted by molar-refractivity contribution is -0.113. The summed E-state index contributed by atoms with van der Waals surface area (Å²) in [7, 11) is 0. The minimum Gasteiger partial charge on any atom is -0.462 e. The lowest BCUT2D eigenvalue weighted by atomic mass is 10.0. The van der Waals surface area contributed by atoms with Gasteiger partial charge in [0.2, 0.25) is 5.91 Å². The number of aryl methyl sites for hydroxylation is 1. The fourth-order valence-electron chi connectivity index (χ4n) is 3.47. The number of hydrogen-bond donors (Lipinski definition) is 2. The average Bonchev–Trinajstić information content (AvgIpc) is 3.40. The van der Waals surface area contributed by atoms with Gasteiger partial charge in [-0.05, 0) is 31.7 Å². The van der Waals surface area contributed by atoms with Crippen molar-refractivity contribution in [3.05, 3.63) is 62.9 Å². The number of fused-ring (bicyclic) bond motifs is 1. The fourth-order valence-corrected chi connectivity index (χ4v) is 5.12. The van der Waals surface area contributed by atoms with Crippen molar-refractivity contribution in [3.63, 3.8) is 0 Å². The van der Waals surface area contributed by atoms with E-state index in [2.05, 4.69) is 15.3 Å². The first-order chi connectivity index (χ1) is 15.1. The van der Waals surface area contributed by atoms with Gasteiger partial charge >= 0.3 is 5.97 Å². The van der Waals surface area contributed by atoms with Crippen LogP contribution in [-0.4, -0.2) is 34.2 Å². The minimum atomic E-state index is -0.477. The zero-order valence-electron chi connectivity index (χ0n) is 16.9. The van der Waals surface area contributed by atoms with Crippen LogP contribution < -0.4 is 10.9 Å². The van der Waals surface area contributed by atoms with Gasteiger partial charge in [-0.15, -0.1) is 11.3 Å². The molecule has 0 aliphatic heterocycles. The minimum absolute atomic E-state index is 0.0581. The van der Waals surface area contributed by atoms with Crippen molar-refractivity contribution in [2.45, 2.75) is 31.3 Å². The number of carbonyl (C=O) groups excluding carboxylic acids is 2. The van der Waals surface area contributed by atoms with Gasteiger partial charge in [0.05, 0.1) is 18.1 Å². The third-order valence-corrected chi connectivity index (χ3v) is 6.64. The SMILES string of the molecule is CCOC(=O)c1c(-c2ccccc2)csc1NC(=O)CSc1nc2c(c(=O)[nH]1)CCC2. The largest absolute Gasteiger partial charge is 0.462 e. The zero-order valence-corrected chi connectivity index (χ0v) is 18.5. The topological polar surface area (TPSA) is 101 Å². The van der Waals surface area contributed by atoms with Crippen molar-refractivity contribution in [3.8, 4) is 11.1 Å². The predicted molar refractivity (Wildman–Crippen MR) is 122 cm³/mol. The predicted octanol–water partition coefficient (Wildman–Crippen LogP) is 3.89. The summed E-state index contributed by atoms with van der Waals surface area (Å²) in [4.78, 5) is 44.5. The molecule has 0 radical (unpaired) electrons. The number of anilines is 1. The van der Waals surface area contributed by atoms with Crippen LogP contribution in [0.15, 0.2) is 45.7 Å². The molecule has 2 aromatic heterocycles. The molecule has 31 heavy (non-hydrogen) atoms. The van der Waals surface area contributed by atoms with Crippen LogP contribution in [0.4, 0.5) is 5.00 Å². The van der Waals surface area contributed by atoms with E-state index in [1.165, 1.54) is 23.1 Å². The van der Waals surface area contributed by atoms with E-state index in [1.807, 2.05) is 35.7 Å². The molecule has 1 aliphatic rings. The number of aromatic nitrogens is 2. The number of hydrogen-bond acceptors (Lipinski definition) is 7. The summed E-state index contributed by atoms with van der Waals surface area (Å²) >= 11 is 2.44. The molecular formula is C22H21N3O4S2. The number of benzene rings is 1. The molecule has 2 N–H and O–H groups in total. The number of esters is 1. The van der Waals surface area contributed by atoms with Gasteiger partial charge in [-0.2, -0.15) is 0 Å². The van der Waals surface area contributed by atoms with Crippen molar-refractivity contribution in [1.82, 2.24) is 9.97 Å². The van der Waals surface area contributed by atoms with Crippen LogP contribution in [0.25, 0.3) is 11.1 Å². The van der Waals surface area contributed by atoms with E-state index in [1.54, 1.807) is 6.92 Å². The zero-order chi connectivity index (χ0) is 21.8. The van der Waals surface area contributed by atoms with Crippen molar-refractivity contribution in [1.29, 1.82) is 0 Å². The summed E-state index contributed by atoms with van der Waals surface area (Å²) in [6.45, 7) is 1.98. The molecular weight excluding hydrogens is 434 g/mol. The first kappa shape index (κ1) is 21.3. The lowest BCUT2D eigenvalue weighted by Crippen LogP contribution is -2.18. The molecule has 3 aromatic rings. The van der Waals surface area contributed by atoms with Gasteiger partial charge in [-0.25, -0.2) is 9.78 Å². The van der Waals surface area contributed by atoms with Gasteiger partial charge in [-0.1, -0.05) is 42.1 Å². The van der Waals surface area contributed by atoms with E-state index >= 15 is 0 Å². The van der Waals surface area contributed by atoms with E-state index < -0.39 is 5.97 Å². The number of nitrogens with one attached hydrogen (secondary N) is 2. The first-order valence-electron chi connectivity index (χ1n) is 9.95. The molecule has 7 nitrogen and oxygen atoms in total. The van der Waals surface area contributed by atoms with Crippen LogP contribution in [0.2, 0.25) is 0 Å². The summed E-state index contributed by atoms with van der Waals surface area (Å²) in [5.41, 5.74) is 3.39. The Balaban J connectivity index is 1.50. The van der Waals surface area contributed by atoms with Crippen molar-refractivity contribution in [2.24, 2.45) is 0 Å². The molecule has 1 amide bonds. The number of thioether (sulfide) groups is 1. The number of carbonyl (C=O) groups is 2. The Labute approximate surface area is 187 Å². The molecule has 1 aliphatic carbocycles. The molecule has 0 saturated carbocycles.